The fourth-order valence-electron chi connectivity index (χ4n) is 2.97. The van der Waals surface area contributed by atoms with Crippen LogP contribution in [0, 0.1) is 5.82 Å². The molecule has 0 spiro atoms. The van der Waals surface area contributed by atoms with E-state index >= 15 is 0 Å². The summed E-state index contributed by atoms with van der Waals surface area (Å²) in [6.07, 6.45) is 2.18. The smallest absolute Gasteiger partial charge is 0.252 e. The van der Waals surface area contributed by atoms with E-state index in [1.165, 1.54) is 16.8 Å². The molecular formula is C19H19F2N5O. The molecule has 140 valence electrons. The normalized spacial score (nSPS) is 14.5. The molecule has 0 unspecified atom stereocenters. The molecule has 2 aromatic heterocycles. The lowest BCUT2D eigenvalue weighted by atomic mass is 10.1. The van der Waals surface area contributed by atoms with Crippen molar-refractivity contribution >= 4 is 5.82 Å². The zero-order valence-corrected chi connectivity index (χ0v) is 14.7. The number of rotatable bonds is 5. The maximum atomic E-state index is 13.2. The molecule has 1 aliphatic heterocycles. The van der Waals surface area contributed by atoms with Gasteiger partial charge in [0.05, 0.1) is 24.6 Å². The maximum Gasteiger partial charge on any atom is 0.252 e. The van der Waals surface area contributed by atoms with E-state index in [0.29, 0.717) is 31.3 Å². The Kier molecular flexibility index (Phi) is 5.06. The second-order valence-corrected chi connectivity index (χ2v) is 6.31. The molecule has 1 aliphatic rings. The number of nitrogens with zero attached hydrogens (tertiary/aromatic N) is 5. The lowest BCUT2D eigenvalue weighted by Gasteiger charge is -2.28. The molecule has 27 heavy (non-hydrogen) atoms. The summed E-state index contributed by atoms with van der Waals surface area (Å²) in [5, 5.41) is 4.17. The van der Waals surface area contributed by atoms with Gasteiger partial charge in [-0.05, 0) is 23.8 Å². The number of halogens is 2. The van der Waals surface area contributed by atoms with Gasteiger partial charge in [-0.3, -0.25) is 0 Å². The molecule has 0 radical (unpaired) electrons. The van der Waals surface area contributed by atoms with Crippen molar-refractivity contribution < 1.29 is 13.5 Å². The van der Waals surface area contributed by atoms with Crippen LogP contribution >= 0.6 is 0 Å². The van der Waals surface area contributed by atoms with E-state index in [0.717, 1.165) is 30.2 Å². The molecule has 0 aliphatic carbocycles. The van der Waals surface area contributed by atoms with E-state index in [9.17, 15) is 8.78 Å². The average Bonchev–Trinajstić information content (AvgIpc) is 3.20. The van der Waals surface area contributed by atoms with E-state index in [1.54, 1.807) is 24.4 Å². The second kappa shape index (κ2) is 7.79. The van der Waals surface area contributed by atoms with Gasteiger partial charge in [-0.15, -0.1) is 0 Å². The quantitative estimate of drug-likeness (QED) is 0.690. The van der Waals surface area contributed by atoms with Gasteiger partial charge in [0.25, 0.3) is 5.95 Å². The first-order valence-corrected chi connectivity index (χ1v) is 8.77. The first-order valence-electron chi connectivity index (χ1n) is 8.77. The maximum absolute atomic E-state index is 13.2. The van der Waals surface area contributed by atoms with Crippen LogP contribution in [0.25, 0.3) is 5.95 Å². The summed E-state index contributed by atoms with van der Waals surface area (Å²) in [6.45, 7) is 2.11. The molecule has 0 N–H and O–H groups in total. The fraction of sp³-hybridized carbons (Fsp3) is 0.316. The van der Waals surface area contributed by atoms with Crippen LogP contribution in [0.1, 0.15) is 17.0 Å². The highest BCUT2D eigenvalue weighted by molar-refractivity contribution is 5.43. The van der Waals surface area contributed by atoms with Gasteiger partial charge in [0.2, 0.25) is 0 Å². The van der Waals surface area contributed by atoms with Crippen molar-refractivity contribution in [1.82, 2.24) is 19.7 Å². The Bertz CT molecular complexity index is 907. The van der Waals surface area contributed by atoms with Crippen molar-refractivity contribution in [3.05, 3.63) is 65.4 Å². The summed E-state index contributed by atoms with van der Waals surface area (Å²) in [5.74, 6) is 0.889. The van der Waals surface area contributed by atoms with Crippen LogP contribution in [0.3, 0.4) is 0 Å². The summed E-state index contributed by atoms with van der Waals surface area (Å²) < 4.78 is 32.9. The number of anilines is 1. The third-order valence-corrected chi connectivity index (χ3v) is 4.37. The van der Waals surface area contributed by atoms with Crippen molar-refractivity contribution in [2.75, 3.05) is 31.2 Å². The molecule has 8 heteroatoms. The zero-order valence-electron chi connectivity index (χ0n) is 14.7. The lowest BCUT2D eigenvalue weighted by Crippen LogP contribution is -2.37. The first-order chi connectivity index (χ1) is 13.2. The molecule has 3 aromatic rings. The topological polar surface area (TPSA) is 56.1 Å². The van der Waals surface area contributed by atoms with Crippen LogP contribution in [0.15, 0.2) is 42.6 Å². The van der Waals surface area contributed by atoms with Crippen LogP contribution in [-0.2, 0) is 17.8 Å². The predicted octanol–water partition coefficient (Wildman–Crippen LogP) is 2.70. The third-order valence-electron chi connectivity index (χ3n) is 4.37. The number of hydrogen-bond acceptors (Lipinski definition) is 5. The van der Waals surface area contributed by atoms with Crippen molar-refractivity contribution in [2.45, 2.75) is 13.1 Å². The Labute approximate surface area is 155 Å². The Hall–Kier alpha value is -2.87. The van der Waals surface area contributed by atoms with Crippen molar-refractivity contribution in [3.63, 3.8) is 0 Å². The highest BCUT2D eigenvalue weighted by Crippen LogP contribution is 2.19. The van der Waals surface area contributed by atoms with E-state index in [4.69, 9.17) is 4.74 Å². The minimum absolute atomic E-state index is 0.272. The number of alkyl halides is 1. The van der Waals surface area contributed by atoms with Crippen LogP contribution in [0.4, 0.5) is 14.6 Å². The fourth-order valence-corrected chi connectivity index (χ4v) is 2.97. The lowest BCUT2D eigenvalue weighted by molar-refractivity contribution is 0.122. The van der Waals surface area contributed by atoms with E-state index in [2.05, 4.69) is 20.0 Å². The standard InChI is InChI=1S/C19H19F2N5O/c20-13-16-5-6-26(24-16)19-22-17(11-14-1-3-15(21)4-2-14)12-18(23-19)25-7-9-27-10-8-25/h1-6,12H,7-11,13H2. The van der Waals surface area contributed by atoms with E-state index in [1.807, 2.05) is 6.07 Å². The highest BCUT2D eigenvalue weighted by atomic mass is 19.1. The summed E-state index contributed by atoms with van der Waals surface area (Å²) in [4.78, 5) is 11.3. The number of benzene rings is 1. The SMILES string of the molecule is FCc1ccn(-c2nc(Cc3ccc(F)cc3)cc(N3CCOCC3)n2)n1. The molecule has 0 atom stereocenters. The van der Waals surface area contributed by atoms with Crippen LogP contribution in [0.2, 0.25) is 0 Å². The molecule has 6 nitrogen and oxygen atoms in total. The number of morpholine rings is 1. The monoisotopic (exact) mass is 371 g/mol. The number of ether oxygens (including phenoxy) is 1. The van der Waals surface area contributed by atoms with Gasteiger partial charge in [0, 0.05) is 31.8 Å². The Balaban J connectivity index is 1.69. The summed E-state index contributed by atoms with van der Waals surface area (Å²) in [7, 11) is 0. The van der Waals surface area contributed by atoms with Crippen molar-refractivity contribution in [3.8, 4) is 5.95 Å². The Morgan fingerprint density at radius 1 is 1.00 bits per heavy atom. The van der Waals surface area contributed by atoms with Gasteiger partial charge in [-0.1, -0.05) is 12.1 Å². The van der Waals surface area contributed by atoms with Gasteiger partial charge >= 0.3 is 0 Å². The highest BCUT2D eigenvalue weighted by Gasteiger charge is 2.16. The molecule has 1 aromatic carbocycles. The van der Waals surface area contributed by atoms with Crippen LogP contribution in [-0.4, -0.2) is 46.1 Å². The van der Waals surface area contributed by atoms with Crippen molar-refractivity contribution in [1.29, 1.82) is 0 Å². The predicted molar refractivity (Wildman–Crippen MR) is 96.2 cm³/mol. The summed E-state index contributed by atoms with van der Waals surface area (Å²) >= 11 is 0. The van der Waals surface area contributed by atoms with Gasteiger partial charge in [-0.2, -0.15) is 10.1 Å². The largest absolute Gasteiger partial charge is 0.378 e. The van der Waals surface area contributed by atoms with Gasteiger partial charge < -0.3 is 9.64 Å². The molecule has 4 rings (SSSR count). The zero-order chi connectivity index (χ0) is 18.6. The van der Waals surface area contributed by atoms with E-state index in [-0.39, 0.29) is 5.82 Å². The molecule has 3 heterocycles. The van der Waals surface area contributed by atoms with Gasteiger partial charge in [0.1, 0.15) is 18.3 Å². The molecule has 0 bridgehead atoms. The van der Waals surface area contributed by atoms with Crippen LogP contribution in [0.5, 0.6) is 0 Å². The van der Waals surface area contributed by atoms with Crippen molar-refractivity contribution in [2.24, 2.45) is 0 Å². The summed E-state index contributed by atoms with van der Waals surface area (Å²) in [5.41, 5.74) is 2.06. The number of aromatic nitrogens is 4. The molecule has 1 fully saturated rings. The van der Waals surface area contributed by atoms with Crippen LogP contribution < -0.4 is 4.90 Å². The Morgan fingerprint density at radius 3 is 2.48 bits per heavy atom. The second-order valence-electron chi connectivity index (χ2n) is 6.31. The van der Waals surface area contributed by atoms with Gasteiger partial charge in [-0.25, -0.2) is 18.4 Å². The molecule has 0 saturated carbocycles. The average molecular weight is 371 g/mol. The Morgan fingerprint density at radius 2 is 1.78 bits per heavy atom. The minimum Gasteiger partial charge on any atom is -0.378 e. The third kappa shape index (κ3) is 4.11. The van der Waals surface area contributed by atoms with E-state index < -0.39 is 6.67 Å². The minimum atomic E-state index is -0.640. The number of hydrogen-bond donors (Lipinski definition) is 0. The molecule has 1 saturated heterocycles. The molecule has 0 amide bonds. The first kappa shape index (κ1) is 17.5. The van der Waals surface area contributed by atoms with Gasteiger partial charge in [0.15, 0.2) is 0 Å². The summed E-state index contributed by atoms with van der Waals surface area (Å²) in [6, 6.07) is 9.87. The molecular weight excluding hydrogens is 352 g/mol.